The van der Waals surface area contributed by atoms with Crippen LogP contribution in [0.5, 0.6) is 11.5 Å². The van der Waals surface area contributed by atoms with Crippen LogP contribution < -0.4 is 19.7 Å². The fraction of sp³-hybridized carbons (Fsp3) is 0.0870. The first-order valence-corrected chi connectivity index (χ1v) is 9.14. The number of amides is 3. The highest BCUT2D eigenvalue weighted by molar-refractivity contribution is 6.34. The average Bonchev–Trinajstić information content (AvgIpc) is 3.03. The summed E-state index contributed by atoms with van der Waals surface area (Å²) >= 11 is 0. The number of anilines is 2. The molecule has 0 aromatic heterocycles. The van der Waals surface area contributed by atoms with E-state index in [-0.39, 0.29) is 0 Å². The van der Waals surface area contributed by atoms with E-state index in [4.69, 9.17) is 9.47 Å². The number of imide groups is 1. The molecule has 0 radical (unpaired) electrons. The Morgan fingerprint density at radius 3 is 2.17 bits per heavy atom. The number of fused-ring (bicyclic) bond motifs is 1. The normalized spacial score (nSPS) is 12.5. The topological polar surface area (TPSA) is 84.9 Å². The summed E-state index contributed by atoms with van der Waals surface area (Å²) in [6.07, 6.45) is 0. The van der Waals surface area contributed by atoms with Crippen molar-refractivity contribution in [1.29, 1.82) is 0 Å². The zero-order valence-corrected chi connectivity index (χ0v) is 16.3. The van der Waals surface area contributed by atoms with Crippen molar-refractivity contribution in [2.24, 2.45) is 0 Å². The molecule has 0 saturated carbocycles. The van der Waals surface area contributed by atoms with Crippen LogP contribution in [-0.2, 0) is 0 Å². The van der Waals surface area contributed by atoms with Crippen molar-refractivity contribution >= 4 is 29.1 Å². The van der Waals surface area contributed by atoms with Gasteiger partial charge in [0.2, 0.25) is 0 Å². The number of rotatable bonds is 5. The van der Waals surface area contributed by atoms with E-state index in [2.05, 4.69) is 5.32 Å². The molecule has 7 nitrogen and oxygen atoms in total. The van der Waals surface area contributed by atoms with Crippen molar-refractivity contribution in [3.05, 3.63) is 83.4 Å². The van der Waals surface area contributed by atoms with E-state index < -0.39 is 17.7 Å². The van der Waals surface area contributed by atoms with Crippen LogP contribution in [-0.4, -0.2) is 31.9 Å². The number of methoxy groups -OCH3 is 2. The average molecular weight is 402 g/mol. The Balaban J connectivity index is 1.62. The van der Waals surface area contributed by atoms with Crippen molar-refractivity contribution in [2.75, 3.05) is 24.4 Å². The lowest BCUT2D eigenvalue weighted by atomic mass is 10.1. The molecule has 3 aromatic rings. The van der Waals surface area contributed by atoms with Gasteiger partial charge in [0.15, 0.2) is 0 Å². The van der Waals surface area contributed by atoms with Crippen molar-refractivity contribution in [3.8, 4) is 11.5 Å². The summed E-state index contributed by atoms with van der Waals surface area (Å²) < 4.78 is 10.4. The fourth-order valence-electron chi connectivity index (χ4n) is 3.34. The van der Waals surface area contributed by atoms with Crippen LogP contribution in [0.25, 0.3) is 0 Å². The molecule has 3 aromatic carbocycles. The van der Waals surface area contributed by atoms with Gasteiger partial charge in [0.05, 0.1) is 36.6 Å². The van der Waals surface area contributed by atoms with Crippen LogP contribution in [0.2, 0.25) is 0 Å². The number of hydrogen-bond donors (Lipinski definition) is 1. The van der Waals surface area contributed by atoms with Gasteiger partial charge in [-0.2, -0.15) is 0 Å². The van der Waals surface area contributed by atoms with E-state index in [1.54, 1.807) is 66.7 Å². The molecule has 1 N–H and O–H groups in total. The summed E-state index contributed by atoms with van der Waals surface area (Å²) in [5.41, 5.74) is 1.81. The minimum absolute atomic E-state index is 0.294. The van der Waals surface area contributed by atoms with Gasteiger partial charge in [-0.25, -0.2) is 4.90 Å². The molecular weight excluding hydrogens is 384 g/mol. The highest BCUT2D eigenvalue weighted by Crippen LogP contribution is 2.30. The number of ether oxygens (including phenoxy) is 2. The van der Waals surface area contributed by atoms with Gasteiger partial charge >= 0.3 is 0 Å². The summed E-state index contributed by atoms with van der Waals surface area (Å²) in [5.74, 6) is -0.294. The molecule has 0 aliphatic carbocycles. The molecule has 0 spiro atoms. The summed E-state index contributed by atoms with van der Waals surface area (Å²) in [7, 11) is 2.98. The number of nitrogens with zero attached hydrogens (tertiary/aromatic N) is 1. The van der Waals surface area contributed by atoms with Gasteiger partial charge in [-0.3, -0.25) is 14.4 Å². The number of nitrogens with one attached hydrogen (secondary N) is 1. The highest BCUT2D eigenvalue weighted by Gasteiger charge is 2.36. The number of benzene rings is 3. The molecule has 1 aliphatic rings. The molecule has 0 fully saturated rings. The van der Waals surface area contributed by atoms with Gasteiger partial charge in [-0.1, -0.05) is 18.2 Å². The Kier molecular flexibility index (Phi) is 4.93. The lowest BCUT2D eigenvalue weighted by Crippen LogP contribution is -2.29. The third-order valence-electron chi connectivity index (χ3n) is 4.81. The van der Waals surface area contributed by atoms with Crippen LogP contribution in [0.1, 0.15) is 31.1 Å². The predicted molar refractivity (Wildman–Crippen MR) is 112 cm³/mol. The van der Waals surface area contributed by atoms with Gasteiger partial charge in [-0.15, -0.1) is 0 Å². The second kappa shape index (κ2) is 7.71. The Hall–Kier alpha value is -4.13. The number of carbonyl (C=O) groups excluding carboxylic acids is 3. The molecule has 0 atom stereocenters. The highest BCUT2D eigenvalue weighted by atomic mass is 16.5. The Bertz CT molecular complexity index is 1140. The molecule has 1 aliphatic heterocycles. The second-order valence-corrected chi connectivity index (χ2v) is 6.56. The molecule has 4 rings (SSSR count). The monoisotopic (exact) mass is 402 g/mol. The lowest BCUT2D eigenvalue weighted by Gasteiger charge is -2.16. The van der Waals surface area contributed by atoms with Crippen molar-refractivity contribution in [3.63, 3.8) is 0 Å². The zero-order chi connectivity index (χ0) is 21.3. The molecule has 0 unspecified atom stereocenters. The maximum Gasteiger partial charge on any atom is 0.266 e. The van der Waals surface area contributed by atoms with E-state index in [0.717, 1.165) is 4.90 Å². The van der Waals surface area contributed by atoms with Crippen molar-refractivity contribution < 1.29 is 23.9 Å². The van der Waals surface area contributed by atoms with Crippen molar-refractivity contribution in [2.45, 2.75) is 0 Å². The quantitative estimate of drug-likeness (QED) is 0.657. The maximum absolute atomic E-state index is 12.8. The van der Waals surface area contributed by atoms with Gasteiger partial charge in [-0.05, 0) is 48.5 Å². The number of carbonyl (C=O) groups is 3. The largest absolute Gasteiger partial charge is 0.497 e. The van der Waals surface area contributed by atoms with Crippen LogP contribution >= 0.6 is 0 Å². The standard InChI is InChI=1S/C23H18N2O5/c1-29-16-10-11-20(30-2)19(13-16)21(26)24-14-6-5-7-15(12-14)25-22(27)17-8-3-4-9-18(17)23(25)28/h3-13H,1-2H3,(H,24,26). The summed E-state index contributed by atoms with van der Waals surface area (Å²) in [5, 5.41) is 2.78. The lowest BCUT2D eigenvalue weighted by molar-refractivity contribution is 0.0925. The first-order chi connectivity index (χ1) is 14.5. The van der Waals surface area contributed by atoms with E-state index in [9.17, 15) is 14.4 Å². The van der Waals surface area contributed by atoms with Crippen LogP contribution in [0.3, 0.4) is 0 Å². The van der Waals surface area contributed by atoms with Gasteiger partial charge in [0, 0.05) is 5.69 Å². The zero-order valence-electron chi connectivity index (χ0n) is 16.3. The Labute approximate surface area is 172 Å². The van der Waals surface area contributed by atoms with Gasteiger partial charge < -0.3 is 14.8 Å². The predicted octanol–water partition coefficient (Wildman–Crippen LogP) is 3.76. The minimum Gasteiger partial charge on any atom is -0.497 e. The van der Waals surface area contributed by atoms with Gasteiger partial charge in [0.1, 0.15) is 11.5 Å². The molecule has 1 heterocycles. The molecule has 0 bridgehead atoms. The summed E-state index contributed by atoms with van der Waals surface area (Å²) in [6, 6.07) is 18.1. The molecule has 0 saturated heterocycles. The van der Waals surface area contributed by atoms with Gasteiger partial charge in [0.25, 0.3) is 17.7 Å². The summed E-state index contributed by atoms with van der Waals surface area (Å²) in [4.78, 5) is 39.3. The molecule has 7 heteroatoms. The second-order valence-electron chi connectivity index (χ2n) is 6.56. The summed E-state index contributed by atoms with van der Waals surface area (Å²) in [6.45, 7) is 0. The van der Waals surface area contributed by atoms with Crippen molar-refractivity contribution in [1.82, 2.24) is 0 Å². The maximum atomic E-state index is 12.8. The molecule has 150 valence electrons. The van der Waals surface area contributed by atoms with Crippen LogP contribution in [0.4, 0.5) is 11.4 Å². The van der Waals surface area contributed by atoms with E-state index in [1.165, 1.54) is 14.2 Å². The Morgan fingerprint density at radius 2 is 1.53 bits per heavy atom. The first-order valence-electron chi connectivity index (χ1n) is 9.14. The van der Waals surface area contributed by atoms with E-state index in [1.807, 2.05) is 0 Å². The minimum atomic E-state index is -0.412. The third-order valence-corrected chi connectivity index (χ3v) is 4.81. The van der Waals surface area contributed by atoms with Crippen LogP contribution in [0, 0.1) is 0 Å². The third kappa shape index (κ3) is 3.26. The van der Waals surface area contributed by atoms with E-state index in [0.29, 0.717) is 39.6 Å². The fourth-order valence-corrected chi connectivity index (χ4v) is 3.34. The first kappa shape index (κ1) is 19.2. The van der Waals surface area contributed by atoms with E-state index >= 15 is 0 Å². The Morgan fingerprint density at radius 1 is 0.833 bits per heavy atom. The molecular formula is C23H18N2O5. The molecule has 3 amide bonds. The molecule has 30 heavy (non-hydrogen) atoms. The van der Waals surface area contributed by atoms with Crippen LogP contribution in [0.15, 0.2) is 66.7 Å². The smallest absolute Gasteiger partial charge is 0.266 e. The number of hydrogen-bond acceptors (Lipinski definition) is 5. The SMILES string of the molecule is COc1ccc(OC)c(C(=O)Nc2cccc(N3C(=O)c4ccccc4C3=O)c2)c1.